The fraction of sp³-hybridized carbons (Fsp3) is 0.818. The number of nitrogens with two attached hydrogens (primary N) is 1. The zero-order valence-electron chi connectivity index (χ0n) is 9.66. The maximum Gasteiger partial charge on any atom is 0.229 e. The second-order valence-corrected chi connectivity index (χ2v) is 5.46. The summed E-state index contributed by atoms with van der Waals surface area (Å²) in [7, 11) is 0. The van der Waals surface area contributed by atoms with Crippen molar-refractivity contribution in [3.63, 3.8) is 0 Å². The number of rotatable bonds is 2. The van der Waals surface area contributed by atoms with Crippen molar-refractivity contribution in [2.45, 2.75) is 52.0 Å². The molecule has 1 heterocycles. The summed E-state index contributed by atoms with van der Waals surface area (Å²) < 4.78 is 5.24. The van der Waals surface area contributed by atoms with Crippen LogP contribution in [0.25, 0.3) is 0 Å². The molecule has 1 saturated carbocycles. The molecule has 1 aliphatic rings. The SMILES string of the molecule is CC(C)(C)C(N)c1noc(C2CCC2)n1. The third-order valence-electron chi connectivity index (χ3n) is 3.12. The first-order valence-electron chi connectivity index (χ1n) is 5.57. The van der Waals surface area contributed by atoms with Crippen molar-refractivity contribution < 1.29 is 4.52 Å². The minimum Gasteiger partial charge on any atom is -0.339 e. The van der Waals surface area contributed by atoms with E-state index in [9.17, 15) is 0 Å². The van der Waals surface area contributed by atoms with E-state index >= 15 is 0 Å². The molecule has 2 rings (SSSR count). The summed E-state index contributed by atoms with van der Waals surface area (Å²) in [4.78, 5) is 4.40. The lowest BCUT2D eigenvalue weighted by molar-refractivity contribution is 0.280. The van der Waals surface area contributed by atoms with Crippen molar-refractivity contribution in [2.24, 2.45) is 11.1 Å². The van der Waals surface area contributed by atoms with Gasteiger partial charge in [-0.3, -0.25) is 0 Å². The predicted octanol–water partition coefficient (Wildman–Crippen LogP) is 2.38. The topological polar surface area (TPSA) is 64.9 Å². The highest BCUT2D eigenvalue weighted by molar-refractivity contribution is 5.02. The molecule has 1 aromatic heterocycles. The van der Waals surface area contributed by atoms with Gasteiger partial charge in [-0.15, -0.1) is 0 Å². The van der Waals surface area contributed by atoms with Crippen molar-refractivity contribution in [1.29, 1.82) is 0 Å². The second kappa shape index (κ2) is 3.59. The Morgan fingerprint density at radius 1 is 1.40 bits per heavy atom. The van der Waals surface area contributed by atoms with Crippen LogP contribution < -0.4 is 5.73 Å². The van der Waals surface area contributed by atoms with Crippen molar-refractivity contribution in [3.8, 4) is 0 Å². The molecule has 0 spiro atoms. The Labute approximate surface area is 90.2 Å². The van der Waals surface area contributed by atoms with Crippen LogP contribution in [0.15, 0.2) is 4.52 Å². The van der Waals surface area contributed by atoms with Crippen molar-refractivity contribution in [1.82, 2.24) is 10.1 Å². The summed E-state index contributed by atoms with van der Waals surface area (Å²) in [5.41, 5.74) is 6.03. The van der Waals surface area contributed by atoms with Crippen LogP contribution in [0.2, 0.25) is 0 Å². The normalized spacial score (nSPS) is 20.0. The van der Waals surface area contributed by atoms with Gasteiger partial charge < -0.3 is 10.3 Å². The van der Waals surface area contributed by atoms with E-state index in [1.807, 2.05) is 0 Å². The van der Waals surface area contributed by atoms with E-state index in [0.717, 1.165) is 5.89 Å². The molecule has 4 nitrogen and oxygen atoms in total. The molecular formula is C11H19N3O. The Kier molecular flexibility index (Phi) is 2.54. The van der Waals surface area contributed by atoms with Crippen LogP contribution in [0.4, 0.5) is 0 Å². The van der Waals surface area contributed by atoms with Crippen LogP contribution >= 0.6 is 0 Å². The smallest absolute Gasteiger partial charge is 0.229 e. The third-order valence-corrected chi connectivity index (χ3v) is 3.12. The molecule has 0 aliphatic heterocycles. The van der Waals surface area contributed by atoms with Gasteiger partial charge in [-0.05, 0) is 18.3 Å². The van der Waals surface area contributed by atoms with E-state index < -0.39 is 0 Å². The average Bonchev–Trinajstić information content (AvgIpc) is 2.47. The Morgan fingerprint density at radius 3 is 2.53 bits per heavy atom. The first-order chi connectivity index (χ1) is 6.98. The third kappa shape index (κ3) is 2.04. The van der Waals surface area contributed by atoms with Gasteiger partial charge in [0.1, 0.15) is 0 Å². The molecule has 0 amide bonds. The van der Waals surface area contributed by atoms with Crippen molar-refractivity contribution >= 4 is 0 Å². The first-order valence-corrected chi connectivity index (χ1v) is 5.57. The maximum atomic E-state index is 6.06. The van der Waals surface area contributed by atoms with Gasteiger partial charge in [-0.25, -0.2) is 0 Å². The maximum absolute atomic E-state index is 6.06. The molecule has 0 saturated heterocycles. The van der Waals surface area contributed by atoms with Gasteiger partial charge in [0.15, 0.2) is 5.82 Å². The van der Waals surface area contributed by atoms with Crippen molar-refractivity contribution in [3.05, 3.63) is 11.7 Å². The van der Waals surface area contributed by atoms with Gasteiger partial charge in [0.25, 0.3) is 0 Å². The standard InChI is InChI=1S/C11H19N3O/c1-11(2,3)8(12)9-13-10(15-14-9)7-5-4-6-7/h7-8H,4-6,12H2,1-3H3. The monoisotopic (exact) mass is 209 g/mol. The quantitative estimate of drug-likeness (QED) is 0.812. The van der Waals surface area contributed by atoms with Gasteiger partial charge >= 0.3 is 0 Å². The summed E-state index contributed by atoms with van der Waals surface area (Å²) in [6.45, 7) is 6.24. The minimum atomic E-state index is -0.157. The van der Waals surface area contributed by atoms with Gasteiger partial charge in [0.2, 0.25) is 5.89 Å². The summed E-state index contributed by atoms with van der Waals surface area (Å²) in [6, 6.07) is -0.157. The summed E-state index contributed by atoms with van der Waals surface area (Å²) in [5, 5.41) is 3.97. The Hall–Kier alpha value is -0.900. The van der Waals surface area contributed by atoms with E-state index in [1.54, 1.807) is 0 Å². The molecular weight excluding hydrogens is 190 g/mol. The van der Waals surface area contributed by atoms with Crippen LogP contribution in [0.3, 0.4) is 0 Å². The zero-order valence-corrected chi connectivity index (χ0v) is 9.66. The fourth-order valence-electron chi connectivity index (χ4n) is 1.58. The summed E-state index contributed by atoms with van der Waals surface area (Å²) in [6.07, 6.45) is 3.62. The number of hydrogen-bond acceptors (Lipinski definition) is 4. The fourth-order valence-corrected chi connectivity index (χ4v) is 1.58. The van der Waals surface area contributed by atoms with Gasteiger partial charge in [-0.1, -0.05) is 32.3 Å². The van der Waals surface area contributed by atoms with E-state index in [1.165, 1.54) is 19.3 Å². The molecule has 1 aliphatic carbocycles. The molecule has 1 atom stereocenters. The average molecular weight is 209 g/mol. The van der Waals surface area contributed by atoms with Crippen LogP contribution in [0.5, 0.6) is 0 Å². The van der Waals surface area contributed by atoms with Gasteiger partial charge in [0, 0.05) is 5.92 Å². The minimum absolute atomic E-state index is 0.0270. The Bertz CT molecular complexity index is 336. The van der Waals surface area contributed by atoms with Gasteiger partial charge in [0.05, 0.1) is 6.04 Å². The highest BCUT2D eigenvalue weighted by Gasteiger charge is 2.30. The van der Waals surface area contributed by atoms with E-state index in [4.69, 9.17) is 10.3 Å². The van der Waals surface area contributed by atoms with Crippen LogP contribution in [0, 0.1) is 5.41 Å². The van der Waals surface area contributed by atoms with Crippen LogP contribution in [-0.2, 0) is 0 Å². The zero-order chi connectivity index (χ0) is 11.1. The molecule has 1 unspecified atom stereocenters. The molecule has 84 valence electrons. The van der Waals surface area contributed by atoms with Crippen molar-refractivity contribution in [2.75, 3.05) is 0 Å². The number of hydrogen-bond donors (Lipinski definition) is 1. The molecule has 0 bridgehead atoms. The highest BCUT2D eigenvalue weighted by atomic mass is 16.5. The van der Waals surface area contributed by atoms with Crippen LogP contribution in [-0.4, -0.2) is 10.1 Å². The Morgan fingerprint density at radius 2 is 2.07 bits per heavy atom. The molecule has 1 fully saturated rings. The summed E-state index contributed by atoms with van der Waals surface area (Å²) in [5.74, 6) is 1.90. The van der Waals surface area contributed by atoms with E-state index in [-0.39, 0.29) is 11.5 Å². The molecule has 2 N–H and O–H groups in total. The lowest BCUT2D eigenvalue weighted by Crippen LogP contribution is -2.27. The molecule has 4 heteroatoms. The van der Waals surface area contributed by atoms with E-state index in [2.05, 4.69) is 30.9 Å². The van der Waals surface area contributed by atoms with Crippen LogP contribution in [0.1, 0.15) is 63.7 Å². The van der Waals surface area contributed by atoms with Gasteiger partial charge in [-0.2, -0.15) is 4.98 Å². The number of aromatic nitrogens is 2. The lowest BCUT2D eigenvalue weighted by Gasteiger charge is -2.24. The predicted molar refractivity (Wildman–Crippen MR) is 57.3 cm³/mol. The molecule has 15 heavy (non-hydrogen) atoms. The molecule has 1 aromatic rings. The Balaban J connectivity index is 2.12. The summed E-state index contributed by atoms with van der Waals surface area (Å²) >= 11 is 0. The lowest BCUT2D eigenvalue weighted by atomic mass is 9.85. The molecule has 0 radical (unpaired) electrons. The highest BCUT2D eigenvalue weighted by Crippen LogP contribution is 2.36. The second-order valence-electron chi connectivity index (χ2n) is 5.46. The first kappa shape index (κ1) is 10.6. The molecule has 0 aromatic carbocycles. The number of nitrogens with zero attached hydrogens (tertiary/aromatic N) is 2. The largest absolute Gasteiger partial charge is 0.339 e. The van der Waals surface area contributed by atoms with E-state index in [0.29, 0.717) is 11.7 Å².